The van der Waals surface area contributed by atoms with Crippen molar-refractivity contribution in [2.24, 2.45) is 5.73 Å². The van der Waals surface area contributed by atoms with Crippen molar-refractivity contribution in [3.63, 3.8) is 0 Å². The van der Waals surface area contributed by atoms with E-state index in [1.165, 1.54) is 0 Å². The lowest BCUT2D eigenvalue weighted by Crippen LogP contribution is -2.16. The molecule has 1 aromatic carbocycles. The van der Waals surface area contributed by atoms with Crippen molar-refractivity contribution in [3.8, 4) is 5.75 Å². The molecular weight excluding hydrogens is 238 g/mol. The van der Waals surface area contributed by atoms with Crippen LogP contribution >= 0.6 is 0 Å². The molecule has 1 atom stereocenters. The molecule has 0 spiro atoms. The minimum absolute atomic E-state index is 0.0573. The summed E-state index contributed by atoms with van der Waals surface area (Å²) in [6.07, 6.45) is 1.02. The van der Waals surface area contributed by atoms with E-state index in [9.17, 15) is 17.6 Å². The van der Waals surface area contributed by atoms with Crippen molar-refractivity contribution in [2.75, 3.05) is 6.61 Å². The van der Waals surface area contributed by atoms with Crippen molar-refractivity contribution in [1.29, 1.82) is 0 Å². The molecule has 0 amide bonds. The number of nitrogens with two attached hydrogens (primary N) is 1. The molecule has 0 aliphatic heterocycles. The summed E-state index contributed by atoms with van der Waals surface area (Å²) < 4.78 is 56.4. The first kappa shape index (κ1) is 13.8. The van der Waals surface area contributed by atoms with E-state index in [4.69, 9.17) is 10.5 Å². The molecule has 17 heavy (non-hydrogen) atoms. The van der Waals surface area contributed by atoms with Gasteiger partial charge in [0.05, 0.1) is 6.61 Å². The summed E-state index contributed by atoms with van der Waals surface area (Å²) in [6, 6.07) is 0.0667. The van der Waals surface area contributed by atoms with Gasteiger partial charge in [0.25, 0.3) is 0 Å². The molecule has 0 aliphatic rings. The van der Waals surface area contributed by atoms with E-state index in [0.717, 1.165) is 0 Å². The van der Waals surface area contributed by atoms with Gasteiger partial charge in [-0.3, -0.25) is 0 Å². The van der Waals surface area contributed by atoms with Crippen LogP contribution in [0.5, 0.6) is 5.75 Å². The fraction of sp³-hybridized carbons (Fsp3) is 0.455. The minimum Gasteiger partial charge on any atom is -0.487 e. The molecule has 6 heteroatoms. The molecule has 1 unspecified atom stereocenters. The maximum atomic E-state index is 13.1. The smallest absolute Gasteiger partial charge is 0.203 e. The molecule has 0 bridgehead atoms. The standard InChI is InChI=1S/C11H13F4NO/c1-6(16)3-2-4-17-11-9(14)7(12)5-8(13)10(11)15/h5-6H,2-4,16H2,1H3. The van der Waals surface area contributed by atoms with Crippen LogP contribution in [0.15, 0.2) is 6.07 Å². The first-order valence-corrected chi connectivity index (χ1v) is 5.15. The summed E-state index contributed by atoms with van der Waals surface area (Å²) in [5.41, 5.74) is 5.46. The van der Waals surface area contributed by atoms with Gasteiger partial charge in [0.1, 0.15) is 0 Å². The monoisotopic (exact) mass is 251 g/mol. The molecule has 0 saturated carbocycles. The van der Waals surface area contributed by atoms with E-state index in [0.29, 0.717) is 12.8 Å². The Morgan fingerprint density at radius 1 is 1.18 bits per heavy atom. The number of halogens is 4. The zero-order valence-electron chi connectivity index (χ0n) is 9.27. The Balaban J connectivity index is 2.70. The third-order valence-electron chi connectivity index (χ3n) is 2.12. The van der Waals surface area contributed by atoms with Gasteiger partial charge >= 0.3 is 0 Å². The van der Waals surface area contributed by atoms with Crippen molar-refractivity contribution < 1.29 is 22.3 Å². The Morgan fingerprint density at radius 2 is 1.71 bits per heavy atom. The summed E-state index contributed by atoms with van der Waals surface area (Å²) >= 11 is 0. The lowest BCUT2D eigenvalue weighted by atomic mass is 10.2. The van der Waals surface area contributed by atoms with Crippen molar-refractivity contribution in [3.05, 3.63) is 29.3 Å². The first-order chi connectivity index (χ1) is 7.93. The van der Waals surface area contributed by atoms with Crippen LogP contribution in [0.1, 0.15) is 19.8 Å². The molecule has 96 valence electrons. The van der Waals surface area contributed by atoms with Crippen molar-refractivity contribution in [2.45, 2.75) is 25.8 Å². The normalized spacial score (nSPS) is 12.6. The van der Waals surface area contributed by atoms with Gasteiger partial charge in [-0.15, -0.1) is 0 Å². The highest BCUT2D eigenvalue weighted by Crippen LogP contribution is 2.26. The highest BCUT2D eigenvalue weighted by molar-refractivity contribution is 5.28. The summed E-state index contributed by atoms with van der Waals surface area (Å²) in [6.45, 7) is 1.71. The Hall–Kier alpha value is -1.30. The number of ether oxygens (including phenoxy) is 1. The number of rotatable bonds is 5. The van der Waals surface area contributed by atoms with Gasteiger partial charge in [-0.1, -0.05) is 0 Å². The van der Waals surface area contributed by atoms with E-state index in [1.807, 2.05) is 0 Å². The Morgan fingerprint density at radius 3 is 2.18 bits per heavy atom. The third kappa shape index (κ3) is 3.59. The first-order valence-electron chi connectivity index (χ1n) is 5.15. The lowest BCUT2D eigenvalue weighted by molar-refractivity contribution is 0.262. The van der Waals surface area contributed by atoms with E-state index < -0.39 is 29.0 Å². The zero-order valence-corrected chi connectivity index (χ0v) is 9.27. The maximum absolute atomic E-state index is 13.1. The Kier molecular flexibility index (Phi) is 4.74. The van der Waals surface area contributed by atoms with E-state index in [2.05, 4.69) is 0 Å². The number of hydrogen-bond acceptors (Lipinski definition) is 2. The summed E-state index contributed by atoms with van der Waals surface area (Å²) in [7, 11) is 0. The molecule has 1 aromatic rings. The predicted octanol–water partition coefficient (Wildman–Crippen LogP) is 2.75. The second kappa shape index (κ2) is 5.86. The number of benzene rings is 1. The highest BCUT2D eigenvalue weighted by Gasteiger charge is 2.20. The average molecular weight is 251 g/mol. The van der Waals surface area contributed by atoms with Crippen LogP contribution in [0.25, 0.3) is 0 Å². The summed E-state index contributed by atoms with van der Waals surface area (Å²) in [5, 5.41) is 0. The van der Waals surface area contributed by atoms with E-state index in [1.54, 1.807) is 6.92 Å². The molecule has 0 radical (unpaired) electrons. The van der Waals surface area contributed by atoms with Crippen LogP contribution in [0, 0.1) is 23.3 Å². The SMILES string of the molecule is CC(N)CCCOc1c(F)c(F)cc(F)c1F. The van der Waals surface area contributed by atoms with Gasteiger partial charge in [-0.2, -0.15) is 8.78 Å². The van der Waals surface area contributed by atoms with E-state index in [-0.39, 0.29) is 18.7 Å². The third-order valence-corrected chi connectivity index (χ3v) is 2.12. The van der Waals surface area contributed by atoms with Crippen LogP contribution in [0.4, 0.5) is 17.6 Å². The average Bonchev–Trinajstić information content (AvgIpc) is 2.25. The summed E-state index contributed by atoms with van der Waals surface area (Å²) in [4.78, 5) is 0. The Bertz CT molecular complexity index is 369. The van der Waals surface area contributed by atoms with Gasteiger partial charge in [0.15, 0.2) is 17.4 Å². The van der Waals surface area contributed by atoms with Gasteiger partial charge in [0.2, 0.25) is 11.6 Å². The molecule has 0 saturated heterocycles. The minimum atomic E-state index is -1.52. The number of hydrogen-bond donors (Lipinski definition) is 1. The molecule has 0 fully saturated rings. The fourth-order valence-corrected chi connectivity index (χ4v) is 1.26. The fourth-order valence-electron chi connectivity index (χ4n) is 1.26. The van der Waals surface area contributed by atoms with Crippen LogP contribution in [-0.2, 0) is 0 Å². The topological polar surface area (TPSA) is 35.2 Å². The molecule has 0 aromatic heterocycles. The summed E-state index contributed by atoms with van der Waals surface area (Å²) in [5.74, 6) is -7.03. The molecule has 0 aliphatic carbocycles. The largest absolute Gasteiger partial charge is 0.487 e. The molecule has 0 heterocycles. The van der Waals surface area contributed by atoms with Gasteiger partial charge in [-0.05, 0) is 19.8 Å². The van der Waals surface area contributed by atoms with Crippen LogP contribution in [-0.4, -0.2) is 12.6 Å². The highest BCUT2D eigenvalue weighted by atomic mass is 19.2. The van der Waals surface area contributed by atoms with Gasteiger partial charge < -0.3 is 10.5 Å². The molecule has 2 N–H and O–H groups in total. The van der Waals surface area contributed by atoms with Gasteiger partial charge in [0, 0.05) is 12.1 Å². The van der Waals surface area contributed by atoms with Crippen molar-refractivity contribution >= 4 is 0 Å². The van der Waals surface area contributed by atoms with E-state index >= 15 is 0 Å². The lowest BCUT2D eigenvalue weighted by Gasteiger charge is -2.10. The van der Waals surface area contributed by atoms with Crippen LogP contribution in [0.2, 0.25) is 0 Å². The zero-order chi connectivity index (χ0) is 13.0. The molecular formula is C11H13F4NO. The van der Waals surface area contributed by atoms with Crippen LogP contribution in [0.3, 0.4) is 0 Å². The maximum Gasteiger partial charge on any atom is 0.203 e. The second-order valence-corrected chi connectivity index (χ2v) is 3.77. The Labute approximate surface area is 96.4 Å². The quantitative estimate of drug-likeness (QED) is 0.496. The molecule has 2 nitrogen and oxygen atoms in total. The molecule has 1 rings (SSSR count). The van der Waals surface area contributed by atoms with Gasteiger partial charge in [-0.25, -0.2) is 8.78 Å². The second-order valence-electron chi connectivity index (χ2n) is 3.77. The van der Waals surface area contributed by atoms with Crippen molar-refractivity contribution in [1.82, 2.24) is 0 Å². The van der Waals surface area contributed by atoms with Crippen LogP contribution < -0.4 is 10.5 Å². The predicted molar refractivity (Wildman–Crippen MR) is 54.7 cm³/mol.